The summed E-state index contributed by atoms with van der Waals surface area (Å²) in [4.78, 5) is 45.7. The average Bonchev–Trinajstić information content (AvgIpc) is 3.56. The predicted octanol–water partition coefficient (Wildman–Crippen LogP) is 5.85. The molecule has 4 rings (SSSR count). The summed E-state index contributed by atoms with van der Waals surface area (Å²) >= 11 is 1.56. The number of aromatic nitrogens is 1. The molecule has 0 unspecified atom stereocenters. The quantitative estimate of drug-likeness (QED) is 0.361. The van der Waals surface area contributed by atoms with E-state index in [1.54, 1.807) is 52.9 Å². The van der Waals surface area contributed by atoms with E-state index in [0.717, 1.165) is 21.8 Å². The highest BCUT2D eigenvalue weighted by Crippen LogP contribution is 2.33. The minimum absolute atomic E-state index is 0.0513. The van der Waals surface area contributed by atoms with E-state index < -0.39 is 47.2 Å². The first-order chi connectivity index (χ1) is 19.2. The highest BCUT2D eigenvalue weighted by molar-refractivity contribution is 7.13. The van der Waals surface area contributed by atoms with Crippen molar-refractivity contribution in [2.45, 2.75) is 71.8 Å². The smallest absolute Gasteiger partial charge is 0.408 e. The number of amides is 2. The lowest BCUT2D eigenvalue weighted by atomic mass is 9.85. The van der Waals surface area contributed by atoms with Gasteiger partial charge in [-0.1, -0.05) is 57.2 Å². The number of pyridine rings is 1. The zero-order valence-electron chi connectivity index (χ0n) is 24.2. The summed E-state index contributed by atoms with van der Waals surface area (Å²) in [5.41, 5.74) is 0.926. The van der Waals surface area contributed by atoms with Gasteiger partial charge in [-0.2, -0.15) is 0 Å². The zero-order chi connectivity index (χ0) is 29.9. The van der Waals surface area contributed by atoms with E-state index in [1.165, 1.54) is 4.90 Å². The molecule has 3 aromatic rings. The lowest BCUT2D eigenvalue weighted by Crippen LogP contribution is -2.57. The van der Waals surface area contributed by atoms with Crippen LogP contribution in [-0.4, -0.2) is 63.3 Å². The number of likely N-dealkylation sites (tertiary alicyclic amines) is 1. The number of hydrogen-bond donors (Lipinski definition) is 2. The second-order valence-electron chi connectivity index (χ2n) is 12.2. The number of carbonyl (C=O) groups is 3. The lowest BCUT2D eigenvalue weighted by Gasteiger charge is -2.35. The van der Waals surface area contributed by atoms with Crippen LogP contribution >= 0.6 is 11.3 Å². The number of nitrogens with one attached hydrogen (secondary N) is 1. The topological polar surface area (TPSA) is 118 Å². The maximum absolute atomic E-state index is 13.8. The van der Waals surface area contributed by atoms with E-state index in [1.807, 2.05) is 60.0 Å². The number of alkyl carbamates (subject to hydrolysis) is 1. The van der Waals surface area contributed by atoms with Gasteiger partial charge in [-0.15, -0.1) is 11.3 Å². The van der Waals surface area contributed by atoms with Gasteiger partial charge in [0.2, 0.25) is 5.91 Å². The zero-order valence-corrected chi connectivity index (χ0v) is 25.0. The first-order valence-corrected chi connectivity index (χ1v) is 14.4. The fourth-order valence-electron chi connectivity index (χ4n) is 4.67. The van der Waals surface area contributed by atoms with Gasteiger partial charge >= 0.3 is 12.1 Å². The van der Waals surface area contributed by atoms with Crippen LogP contribution in [0.2, 0.25) is 0 Å². The number of hydrogen-bond acceptors (Lipinski definition) is 7. The summed E-state index contributed by atoms with van der Waals surface area (Å²) in [6.07, 6.45) is -1.22. The normalized spacial score (nSPS) is 18.0. The van der Waals surface area contributed by atoms with E-state index >= 15 is 0 Å². The van der Waals surface area contributed by atoms with Crippen LogP contribution in [0.3, 0.4) is 0 Å². The highest BCUT2D eigenvalue weighted by atomic mass is 32.1. The molecule has 41 heavy (non-hydrogen) atoms. The number of rotatable bonds is 7. The number of carboxylic acids is 1. The van der Waals surface area contributed by atoms with Crippen molar-refractivity contribution >= 4 is 29.3 Å². The molecule has 1 aliphatic rings. The molecule has 0 spiro atoms. The maximum Gasteiger partial charge on any atom is 0.408 e. The minimum atomic E-state index is -1.13. The second-order valence-corrected chi connectivity index (χ2v) is 13.1. The molecule has 3 atom stereocenters. The van der Waals surface area contributed by atoms with Crippen LogP contribution in [-0.2, 0) is 14.3 Å². The third-order valence-corrected chi connectivity index (χ3v) is 7.44. The lowest BCUT2D eigenvalue weighted by molar-refractivity contribution is -0.150. The summed E-state index contributed by atoms with van der Waals surface area (Å²) in [5, 5.41) is 14.7. The molecular formula is C31H37N3O6S. The Morgan fingerprint density at radius 2 is 1.71 bits per heavy atom. The molecule has 1 fully saturated rings. The van der Waals surface area contributed by atoms with E-state index in [2.05, 4.69) is 5.32 Å². The van der Waals surface area contributed by atoms with Crippen molar-refractivity contribution in [3.63, 3.8) is 0 Å². The maximum atomic E-state index is 13.8. The van der Waals surface area contributed by atoms with Crippen LogP contribution in [0.25, 0.3) is 21.8 Å². The van der Waals surface area contributed by atoms with Gasteiger partial charge in [-0.05, 0) is 37.6 Å². The Bertz CT molecular complexity index is 1380. The first-order valence-electron chi connectivity index (χ1n) is 13.5. The number of nitrogens with zero attached hydrogens (tertiary/aromatic N) is 2. The third-order valence-electron chi connectivity index (χ3n) is 6.55. The predicted molar refractivity (Wildman–Crippen MR) is 158 cm³/mol. The van der Waals surface area contributed by atoms with Gasteiger partial charge in [0.1, 0.15) is 29.5 Å². The number of carboxylic acid groups (broad SMARTS) is 1. The summed E-state index contributed by atoms with van der Waals surface area (Å²) in [6, 6.07) is 15.2. The first kappa shape index (κ1) is 30.0. The van der Waals surface area contributed by atoms with E-state index in [4.69, 9.17) is 14.5 Å². The summed E-state index contributed by atoms with van der Waals surface area (Å²) in [7, 11) is 0. The molecule has 9 nitrogen and oxygen atoms in total. The van der Waals surface area contributed by atoms with Crippen molar-refractivity contribution in [3.8, 4) is 27.6 Å². The van der Waals surface area contributed by atoms with Crippen LogP contribution in [0.15, 0.2) is 60.0 Å². The van der Waals surface area contributed by atoms with Crippen LogP contribution < -0.4 is 10.1 Å². The van der Waals surface area contributed by atoms with Gasteiger partial charge in [0.25, 0.3) is 0 Å². The van der Waals surface area contributed by atoms with E-state index in [9.17, 15) is 19.5 Å². The van der Waals surface area contributed by atoms with E-state index in [0.29, 0.717) is 5.75 Å². The highest BCUT2D eigenvalue weighted by Gasteiger charge is 2.46. The Hall–Kier alpha value is -3.92. The Kier molecular flexibility index (Phi) is 8.72. The molecule has 0 radical (unpaired) electrons. The fourth-order valence-corrected chi connectivity index (χ4v) is 5.36. The van der Waals surface area contributed by atoms with Gasteiger partial charge in [-0.3, -0.25) is 4.79 Å². The molecule has 10 heteroatoms. The SMILES string of the molecule is CC(C)(C)OC(=O)N[C@H](C(=O)N1C[C@H](Oc2cc(-c3ccccc3)nc(-c3cccs3)c2)C[C@H]1C(=O)O)C(C)(C)C. The number of ether oxygens (including phenoxy) is 2. The molecule has 1 saturated heterocycles. The summed E-state index contributed by atoms with van der Waals surface area (Å²) < 4.78 is 11.7. The van der Waals surface area contributed by atoms with Gasteiger partial charge in [0.05, 0.1) is 22.8 Å². The molecule has 2 aromatic heterocycles. The monoisotopic (exact) mass is 579 g/mol. The minimum Gasteiger partial charge on any atom is -0.488 e. The van der Waals surface area contributed by atoms with Crippen molar-refractivity contribution in [1.29, 1.82) is 0 Å². The molecular weight excluding hydrogens is 542 g/mol. The molecule has 1 aromatic carbocycles. The molecule has 0 aliphatic carbocycles. The Balaban J connectivity index is 1.59. The van der Waals surface area contributed by atoms with Gasteiger partial charge in [0.15, 0.2) is 0 Å². The summed E-state index contributed by atoms with van der Waals surface area (Å²) in [6.45, 7) is 10.7. The van der Waals surface area contributed by atoms with Crippen molar-refractivity contribution in [2.75, 3.05) is 6.54 Å². The van der Waals surface area contributed by atoms with Crippen LogP contribution in [0.1, 0.15) is 48.0 Å². The number of carbonyl (C=O) groups excluding carboxylic acids is 2. The van der Waals surface area contributed by atoms with Crippen molar-refractivity contribution in [3.05, 3.63) is 60.0 Å². The van der Waals surface area contributed by atoms with Gasteiger partial charge in [-0.25, -0.2) is 14.6 Å². The second kappa shape index (κ2) is 11.9. The van der Waals surface area contributed by atoms with Crippen LogP contribution in [0, 0.1) is 5.41 Å². The number of aliphatic carboxylic acids is 1. The Labute approximate surface area is 244 Å². The van der Waals surface area contributed by atoms with Gasteiger partial charge in [0, 0.05) is 24.1 Å². The van der Waals surface area contributed by atoms with E-state index in [-0.39, 0.29) is 13.0 Å². The van der Waals surface area contributed by atoms with Crippen LogP contribution in [0.5, 0.6) is 5.75 Å². The van der Waals surface area contributed by atoms with Gasteiger partial charge < -0.3 is 24.8 Å². The summed E-state index contributed by atoms with van der Waals surface area (Å²) in [5.74, 6) is -1.10. The van der Waals surface area contributed by atoms with Crippen LogP contribution in [0.4, 0.5) is 4.79 Å². The van der Waals surface area contributed by atoms with Crippen molar-refractivity contribution < 1.29 is 29.0 Å². The van der Waals surface area contributed by atoms with Crippen molar-refractivity contribution in [2.24, 2.45) is 5.41 Å². The molecule has 0 bridgehead atoms. The molecule has 3 heterocycles. The fraction of sp³-hybridized carbons (Fsp3) is 0.419. The average molecular weight is 580 g/mol. The standard InChI is InChI=1S/C31H37N3O6S/c1-30(2,3)26(33-29(38)40-31(4,5)6)27(35)34-18-21(17-24(34)28(36)37)39-20-15-22(19-11-8-7-9-12-19)32-23(16-20)25-13-10-14-41-25/h7-16,21,24,26H,17-18H2,1-6H3,(H,33,38)(H,36,37)/t21-,24+,26-/m1/s1. The Morgan fingerprint density at radius 3 is 2.29 bits per heavy atom. The Morgan fingerprint density at radius 1 is 1.02 bits per heavy atom. The van der Waals surface area contributed by atoms with Crippen molar-refractivity contribution in [1.82, 2.24) is 15.2 Å². The molecule has 218 valence electrons. The number of benzene rings is 1. The third kappa shape index (κ3) is 7.64. The molecule has 1 aliphatic heterocycles. The molecule has 2 N–H and O–H groups in total. The number of thiophene rings is 1. The largest absolute Gasteiger partial charge is 0.488 e. The molecule has 0 saturated carbocycles. The molecule has 2 amide bonds.